The first-order chi connectivity index (χ1) is 13.2. The van der Waals surface area contributed by atoms with Gasteiger partial charge in [0.15, 0.2) is 0 Å². The molecule has 0 aliphatic carbocycles. The van der Waals surface area contributed by atoms with Crippen molar-refractivity contribution in [1.29, 1.82) is 0 Å². The molecule has 1 aliphatic heterocycles. The third-order valence-corrected chi connectivity index (χ3v) is 4.32. The van der Waals surface area contributed by atoms with E-state index in [0.29, 0.717) is 32.1 Å². The molecule has 2 rings (SSSR count). The molecule has 28 heavy (non-hydrogen) atoms. The van der Waals surface area contributed by atoms with E-state index in [-0.39, 0.29) is 30.6 Å². The number of aliphatic hydroxyl groups is 1. The fourth-order valence-corrected chi connectivity index (χ4v) is 2.98. The van der Waals surface area contributed by atoms with Gasteiger partial charge in [0.05, 0.1) is 18.8 Å². The van der Waals surface area contributed by atoms with Crippen LogP contribution in [0.4, 0.5) is 10.7 Å². The number of aliphatic hydroxyl groups excluding tert-OH is 1. The number of imidazole rings is 1. The molecular weight excluding hydrogens is 382 g/mol. The number of carbonyl (C=O) groups excluding carboxylic acids is 2. The Kier molecular flexibility index (Phi) is 7.21. The molecule has 10 heteroatoms. The molecule has 1 aromatic rings. The summed E-state index contributed by atoms with van der Waals surface area (Å²) in [6.07, 6.45) is -0.349. The normalized spacial score (nSPS) is 14.4. The van der Waals surface area contributed by atoms with E-state index in [0.717, 1.165) is 0 Å². The second kappa shape index (κ2) is 9.21. The predicted molar refractivity (Wildman–Crippen MR) is 108 cm³/mol. The Morgan fingerprint density at radius 1 is 1.29 bits per heavy atom. The number of piperazine rings is 1. The van der Waals surface area contributed by atoms with Crippen LogP contribution < -0.4 is 9.62 Å². The molecule has 1 saturated heterocycles. The molecule has 9 nitrogen and oxygen atoms in total. The summed E-state index contributed by atoms with van der Waals surface area (Å²) in [5.41, 5.74) is -0.0621. The fourth-order valence-electron chi connectivity index (χ4n) is 2.87. The van der Waals surface area contributed by atoms with Crippen LogP contribution in [0.3, 0.4) is 0 Å². The average Bonchev–Trinajstić information content (AvgIpc) is 3.03. The van der Waals surface area contributed by atoms with Gasteiger partial charge in [0.25, 0.3) is 5.91 Å². The molecule has 0 saturated carbocycles. The van der Waals surface area contributed by atoms with Crippen molar-refractivity contribution in [1.82, 2.24) is 19.2 Å². The van der Waals surface area contributed by atoms with Gasteiger partial charge < -0.3 is 19.6 Å². The predicted octanol–water partition coefficient (Wildman–Crippen LogP) is 1.03. The molecule has 0 radical (unpaired) electrons. The molecule has 0 spiro atoms. The molecule has 2 N–H and O–H groups in total. The minimum atomic E-state index is -0.547. The van der Waals surface area contributed by atoms with Gasteiger partial charge in [-0.3, -0.25) is 14.1 Å². The van der Waals surface area contributed by atoms with Crippen molar-refractivity contribution in [3.05, 3.63) is 11.4 Å². The number of rotatable bonds is 4. The maximum atomic E-state index is 12.3. The Bertz CT molecular complexity index is 782. The van der Waals surface area contributed by atoms with Crippen LogP contribution in [0.5, 0.6) is 0 Å². The fraction of sp³-hybridized carbons (Fsp3) is 0.611. The molecule has 2 heterocycles. The van der Waals surface area contributed by atoms with Crippen molar-refractivity contribution in [3.8, 4) is 11.8 Å². The van der Waals surface area contributed by atoms with E-state index in [4.69, 9.17) is 4.74 Å². The van der Waals surface area contributed by atoms with Crippen LogP contribution >= 0.6 is 12.8 Å². The van der Waals surface area contributed by atoms with Crippen LogP contribution in [-0.4, -0.2) is 63.3 Å². The number of hydrogen-bond acceptors (Lipinski definition) is 7. The maximum Gasteiger partial charge on any atom is 0.410 e. The van der Waals surface area contributed by atoms with E-state index in [1.807, 2.05) is 25.7 Å². The number of hydrogen-bond donors (Lipinski definition) is 3. The van der Waals surface area contributed by atoms with Gasteiger partial charge in [-0.05, 0) is 27.7 Å². The van der Waals surface area contributed by atoms with E-state index in [1.54, 1.807) is 16.4 Å². The first-order valence-electron chi connectivity index (χ1n) is 8.99. The van der Waals surface area contributed by atoms with Gasteiger partial charge in [-0.25, -0.2) is 9.78 Å². The highest BCUT2D eigenvalue weighted by atomic mass is 32.1. The van der Waals surface area contributed by atoms with Crippen LogP contribution in [0.1, 0.15) is 43.9 Å². The molecule has 1 aliphatic rings. The summed E-state index contributed by atoms with van der Waals surface area (Å²) < 4.78 is 9.36. The highest BCUT2D eigenvalue weighted by molar-refractivity contribution is 7.78. The van der Waals surface area contributed by atoms with Crippen molar-refractivity contribution in [3.63, 3.8) is 0 Å². The Morgan fingerprint density at radius 3 is 2.43 bits per heavy atom. The first kappa shape index (κ1) is 21.9. The van der Waals surface area contributed by atoms with Gasteiger partial charge in [0, 0.05) is 26.2 Å². The summed E-state index contributed by atoms with van der Waals surface area (Å²) in [4.78, 5) is 32.6. The highest BCUT2D eigenvalue weighted by Gasteiger charge is 2.30. The molecule has 1 aromatic heterocycles. The lowest BCUT2D eigenvalue weighted by Crippen LogP contribution is -2.50. The summed E-state index contributed by atoms with van der Waals surface area (Å²) >= 11 is 3.83. The largest absolute Gasteiger partial charge is 0.444 e. The zero-order chi connectivity index (χ0) is 20.9. The highest BCUT2D eigenvalue weighted by Crippen LogP contribution is 2.22. The second-order valence-electron chi connectivity index (χ2n) is 7.27. The number of anilines is 1. The topological polar surface area (TPSA) is 99.9 Å². The number of nitrogens with one attached hydrogen (secondary N) is 1. The van der Waals surface area contributed by atoms with E-state index < -0.39 is 11.5 Å². The van der Waals surface area contributed by atoms with Gasteiger partial charge in [-0.1, -0.05) is 18.7 Å². The zero-order valence-corrected chi connectivity index (χ0v) is 17.5. The van der Waals surface area contributed by atoms with Crippen molar-refractivity contribution in [2.75, 3.05) is 31.1 Å². The maximum absolute atomic E-state index is 12.3. The van der Waals surface area contributed by atoms with Crippen LogP contribution in [0, 0.1) is 11.8 Å². The second-order valence-corrected chi connectivity index (χ2v) is 7.50. The van der Waals surface area contributed by atoms with Crippen molar-refractivity contribution < 1.29 is 19.4 Å². The molecule has 1 fully saturated rings. The SMILES string of the molecule is CC#CCn1c(N2CCN(C(=O)OC(C)(C)C)CC2)nc(CO)c1C(=O)NS. The van der Waals surface area contributed by atoms with Crippen molar-refractivity contribution >= 4 is 30.8 Å². The number of thiol groups is 1. The Labute approximate surface area is 170 Å². The van der Waals surface area contributed by atoms with Crippen LogP contribution in [-0.2, 0) is 17.9 Å². The molecule has 0 aromatic carbocycles. The summed E-state index contributed by atoms with van der Waals surface area (Å²) in [6, 6.07) is 0. The quantitative estimate of drug-likeness (QED) is 0.507. The Hall–Kier alpha value is -2.38. The Morgan fingerprint density at radius 2 is 1.93 bits per heavy atom. The average molecular weight is 410 g/mol. The minimum absolute atomic E-state index is 0.227. The van der Waals surface area contributed by atoms with E-state index >= 15 is 0 Å². The number of ether oxygens (including phenoxy) is 1. The number of aromatic nitrogens is 2. The van der Waals surface area contributed by atoms with E-state index in [2.05, 4.69) is 34.4 Å². The lowest BCUT2D eigenvalue weighted by Gasteiger charge is -2.36. The lowest BCUT2D eigenvalue weighted by molar-refractivity contribution is 0.0240. The third-order valence-electron chi connectivity index (χ3n) is 4.11. The zero-order valence-electron chi connectivity index (χ0n) is 16.7. The van der Waals surface area contributed by atoms with Gasteiger partial charge in [-0.15, -0.1) is 5.92 Å². The first-order valence-corrected chi connectivity index (χ1v) is 9.43. The standard InChI is InChI=1S/C18H27N5O4S/c1-5-6-7-23-14(15(25)20-28)13(12-24)19-16(23)21-8-10-22(11-9-21)17(26)27-18(2,3)4/h24,28H,7-12H2,1-4H3,(H,20,25). The molecular formula is C18H27N5O4S. The third kappa shape index (κ3) is 5.11. The summed E-state index contributed by atoms with van der Waals surface area (Å²) in [5.74, 6) is 5.80. The number of carbonyl (C=O) groups is 2. The number of amides is 2. The molecule has 0 bridgehead atoms. The van der Waals surface area contributed by atoms with Gasteiger partial charge >= 0.3 is 6.09 Å². The summed E-state index contributed by atoms with van der Waals surface area (Å²) in [7, 11) is 0. The smallest absolute Gasteiger partial charge is 0.410 e. The Balaban J connectivity index is 2.23. The molecule has 154 valence electrons. The van der Waals surface area contributed by atoms with Crippen molar-refractivity contribution in [2.45, 2.75) is 46.4 Å². The molecule has 0 atom stereocenters. The summed E-state index contributed by atoms with van der Waals surface area (Å²) in [5, 5.41) is 9.64. The van der Waals surface area contributed by atoms with Crippen LogP contribution in [0.15, 0.2) is 0 Å². The monoisotopic (exact) mass is 409 g/mol. The van der Waals surface area contributed by atoms with E-state index in [9.17, 15) is 14.7 Å². The van der Waals surface area contributed by atoms with Crippen LogP contribution in [0.2, 0.25) is 0 Å². The van der Waals surface area contributed by atoms with Gasteiger partial charge in [0.2, 0.25) is 5.95 Å². The molecule has 2 amide bonds. The van der Waals surface area contributed by atoms with Crippen LogP contribution in [0.25, 0.3) is 0 Å². The van der Waals surface area contributed by atoms with E-state index in [1.165, 1.54) is 0 Å². The van der Waals surface area contributed by atoms with Gasteiger partial charge in [0.1, 0.15) is 11.3 Å². The lowest BCUT2D eigenvalue weighted by atomic mass is 10.2. The summed E-state index contributed by atoms with van der Waals surface area (Å²) in [6.45, 7) is 9.03. The minimum Gasteiger partial charge on any atom is -0.444 e. The molecule has 0 unspecified atom stereocenters. The number of nitrogens with zero attached hydrogens (tertiary/aromatic N) is 4. The van der Waals surface area contributed by atoms with Crippen molar-refractivity contribution in [2.24, 2.45) is 0 Å². The van der Waals surface area contributed by atoms with Gasteiger partial charge in [-0.2, -0.15) is 0 Å².